The molecule has 0 aliphatic heterocycles. The molecule has 2 aromatic heterocycles. The van der Waals surface area contributed by atoms with E-state index in [9.17, 15) is 20.0 Å². The van der Waals surface area contributed by atoms with E-state index in [1.54, 1.807) is 6.07 Å². The topological polar surface area (TPSA) is 97.7 Å². The van der Waals surface area contributed by atoms with Gasteiger partial charge in [-0.1, -0.05) is 23.5 Å². The molecular weight excluding hydrogens is 457 g/mol. The van der Waals surface area contributed by atoms with Gasteiger partial charge in [-0.25, -0.2) is 9.38 Å². The number of aromatic hydroxyl groups is 1. The molecule has 0 radical (unpaired) electrons. The van der Waals surface area contributed by atoms with Crippen LogP contribution in [-0.4, -0.2) is 19.4 Å². The summed E-state index contributed by atoms with van der Waals surface area (Å²) < 4.78 is 2.20. The number of benzene rings is 2. The first-order chi connectivity index (χ1) is 12.0. The van der Waals surface area contributed by atoms with E-state index in [1.807, 2.05) is 40.8 Å². The van der Waals surface area contributed by atoms with E-state index in [0.29, 0.717) is 18.6 Å². The third-order valence-electron chi connectivity index (χ3n) is 3.72. The second-order valence-corrected chi connectivity index (χ2v) is 7.43. The smallest absolute Gasteiger partial charge is 0.274 e. The molecule has 0 fully saturated rings. The van der Waals surface area contributed by atoms with Crippen molar-refractivity contribution in [3.05, 3.63) is 70.5 Å². The first kappa shape index (κ1) is 16.0. The Labute approximate surface area is 157 Å². The molecule has 0 saturated heterocycles. The minimum Gasteiger partial charge on any atom is -0.506 e. The van der Waals surface area contributed by atoms with E-state index >= 15 is 0 Å². The van der Waals surface area contributed by atoms with Crippen molar-refractivity contribution in [2.24, 2.45) is 0 Å². The second kappa shape index (κ2) is 5.77. The third-order valence-corrected chi connectivity index (χ3v) is 5.51. The summed E-state index contributed by atoms with van der Waals surface area (Å²) >= 11 is 2.99. The molecule has 0 bridgehead atoms. The van der Waals surface area contributed by atoms with Gasteiger partial charge < -0.3 is 5.11 Å². The van der Waals surface area contributed by atoms with Crippen LogP contribution in [0, 0.1) is 13.7 Å². The molecule has 0 saturated carbocycles. The number of thiazole rings is 1. The van der Waals surface area contributed by atoms with Gasteiger partial charge in [-0.3, -0.25) is 14.9 Å². The zero-order valence-electron chi connectivity index (χ0n) is 12.3. The summed E-state index contributed by atoms with van der Waals surface area (Å²) in [6, 6.07) is 9.83. The van der Waals surface area contributed by atoms with E-state index in [2.05, 4.69) is 4.98 Å². The van der Waals surface area contributed by atoms with E-state index < -0.39 is 4.92 Å². The molecule has 25 heavy (non-hydrogen) atoms. The van der Waals surface area contributed by atoms with Crippen molar-refractivity contribution in [2.75, 3.05) is 0 Å². The van der Waals surface area contributed by atoms with Crippen LogP contribution in [0.1, 0.15) is 5.56 Å². The zero-order chi connectivity index (χ0) is 17.7. The van der Waals surface area contributed by atoms with Crippen LogP contribution >= 0.6 is 33.9 Å². The van der Waals surface area contributed by atoms with Crippen LogP contribution in [0.25, 0.3) is 22.1 Å². The molecule has 9 heteroatoms. The number of fused-ring (bicyclic) bond motifs is 3. The lowest BCUT2D eigenvalue weighted by Gasteiger charge is -2.01. The van der Waals surface area contributed by atoms with Crippen molar-refractivity contribution in [1.82, 2.24) is 9.38 Å². The Bertz CT molecular complexity index is 1280. The number of aromatic nitrogens is 2. The maximum atomic E-state index is 12.7. The normalized spacial score (nSPS) is 12.3. The van der Waals surface area contributed by atoms with Gasteiger partial charge in [-0.05, 0) is 40.8 Å². The number of phenols is 1. The van der Waals surface area contributed by atoms with Crippen molar-refractivity contribution < 1.29 is 10.0 Å². The molecule has 0 spiro atoms. The van der Waals surface area contributed by atoms with Crippen LogP contribution in [-0.2, 0) is 0 Å². The molecule has 0 aliphatic rings. The largest absolute Gasteiger partial charge is 0.506 e. The molecule has 124 valence electrons. The van der Waals surface area contributed by atoms with Crippen LogP contribution in [0.4, 0.5) is 5.69 Å². The predicted octanol–water partition coefficient (Wildman–Crippen LogP) is 2.68. The Morgan fingerprint density at radius 2 is 2.08 bits per heavy atom. The van der Waals surface area contributed by atoms with Crippen molar-refractivity contribution >= 4 is 61.7 Å². The average molecular weight is 465 g/mol. The molecule has 2 heterocycles. The van der Waals surface area contributed by atoms with Gasteiger partial charge in [0.15, 0.2) is 4.96 Å². The van der Waals surface area contributed by atoms with Crippen LogP contribution in [0.2, 0.25) is 0 Å². The minimum absolute atomic E-state index is 0.0958. The summed E-state index contributed by atoms with van der Waals surface area (Å²) in [4.78, 5) is 28.1. The summed E-state index contributed by atoms with van der Waals surface area (Å²) in [6.07, 6.45) is 1.46. The zero-order valence-corrected chi connectivity index (χ0v) is 15.3. The number of hydrogen-bond acceptors (Lipinski definition) is 6. The molecule has 0 amide bonds. The third kappa shape index (κ3) is 2.55. The predicted molar refractivity (Wildman–Crippen MR) is 103 cm³/mol. The monoisotopic (exact) mass is 465 g/mol. The van der Waals surface area contributed by atoms with E-state index in [1.165, 1.54) is 33.9 Å². The summed E-state index contributed by atoms with van der Waals surface area (Å²) in [7, 11) is 0. The Balaban J connectivity index is 2.01. The highest BCUT2D eigenvalue weighted by molar-refractivity contribution is 14.1. The number of nitro benzene ring substituents is 1. The number of nitro groups is 1. The Morgan fingerprint density at radius 3 is 2.84 bits per heavy atom. The number of halogens is 1. The molecule has 2 aromatic carbocycles. The average Bonchev–Trinajstić information content (AvgIpc) is 3.08. The first-order valence-corrected chi connectivity index (χ1v) is 8.94. The summed E-state index contributed by atoms with van der Waals surface area (Å²) in [5.41, 5.74) is 1.24. The van der Waals surface area contributed by atoms with Gasteiger partial charge in [0, 0.05) is 17.7 Å². The summed E-state index contributed by atoms with van der Waals surface area (Å²) in [5.74, 6) is -0.0958. The summed E-state index contributed by atoms with van der Waals surface area (Å²) in [5, 5.41) is 21.2. The quantitative estimate of drug-likeness (QED) is 0.279. The highest BCUT2D eigenvalue weighted by atomic mass is 127. The highest BCUT2D eigenvalue weighted by Crippen LogP contribution is 2.30. The Kier molecular flexibility index (Phi) is 3.69. The molecule has 4 aromatic rings. The van der Waals surface area contributed by atoms with Gasteiger partial charge in [0.1, 0.15) is 5.75 Å². The standard InChI is InChI=1S/C16H8IN3O4S/c17-10-7-9(20(23)24)5-8(14(10)21)6-13-15(22)19-12-4-2-1-3-11(12)18-16(19)25-13/h1-7,21H/b13-6-. The van der Waals surface area contributed by atoms with Crippen molar-refractivity contribution in [1.29, 1.82) is 0 Å². The van der Waals surface area contributed by atoms with Crippen LogP contribution in [0.5, 0.6) is 5.75 Å². The van der Waals surface area contributed by atoms with Gasteiger partial charge in [-0.2, -0.15) is 0 Å². The highest BCUT2D eigenvalue weighted by Gasteiger charge is 2.15. The van der Waals surface area contributed by atoms with E-state index in [0.717, 1.165) is 5.52 Å². The maximum Gasteiger partial charge on any atom is 0.274 e. The lowest BCUT2D eigenvalue weighted by molar-refractivity contribution is -0.385. The lowest BCUT2D eigenvalue weighted by atomic mass is 10.1. The number of nitrogens with zero attached hydrogens (tertiary/aromatic N) is 3. The fourth-order valence-electron chi connectivity index (χ4n) is 2.57. The Hall–Kier alpha value is -2.53. The molecule has 0 aliphatic carbocycles. The number of para-hydroxylation sites is 2. The fourth-order valence-corrected chi connectivity index (χ4v) is 4.18. The minimum atomic E-state index is -0.536. The molecule has 1 N–H and O–H groups in total. The van der Waals surface area contributed by atoms with Gasteiger partial charge in [-0.15, -0.1) is 0 Å². The molecule has 4 rings (SSSR count). The maximum absolute atomic E-state index is 12.7. The molecule has 0 atom stereocenters. The number of phenolic OH excluding ortho intramolecular Hbond substituents is 1. The molecule has 7 nitrogen and oxygen atoms in total. The number of hydrogen-bond donors (Lipinski definition) is 1. The SMILES string of the molecule is O=c1/c(=C/c2cc([N+](=O)[O-])cc(I)c2O)sc2nc3ccccc3n12. The first-order valence-electron chi connectivity index (χ1n) is 7.04. The van der Waals surface area contributed by atoms with Crippen molar-refractivity contribution in [3.8, 4) is 5.75 Å². The van der Waals surface area contributed by atoms with Gasteiger partial charge >= 0.3 is 0 Å². The van der Waals surface area contributed by atoms with Gasteiger partial charge in [0.2, 0.25) is 0 Å². The van der Waals surface area contributed by atoms with Crippen LogP contribution in [0.15, 0.2) is 41.2 Å². The van der Waals surface area contributed by atoms with Crippen LogP contribution in [0.3, 0.4) is 0 Å². The number of non-ortho nitro benzene ring substituents is 1. The number of imidazole rings is 1. The summed E-state index contributed by atoms with van der Waals surface area (Å²) in [6.45, 7) is 0. The van der Waals surface area contributed by atoms with Gasteiger partial charge in [0.05, 0.1) is 24.1 Å². The lowest BCUT2D eigenvalue weighted by Crippen LogP contribution is -2.22. The fraction of sp³-hybridized carbons (Fsp3) is 0. The molecular formula is C16H8IN3O4S. The van der Waals surface area contributed by atoms with Crippen LogP contribution < -0.4 is 10.1 Å². The molecule has 0 unspecified atom stereocenters. The van der Waals surface area contributed by atoms with Crippen molar-refractivity contribution in [3.63, 3.8) is 0 Å². The second-order valence-electron chi connectivity index (χ2n) is 5.26. The van der Waals surface area contributed by atoms with E-state index in [-0.39, 0.29) is 22.6 Å². The Morgan fingerprint density at radius 1 is 1.32 bits per heavy atom. The van der Waals surface area contributed by atoms with Crippen molar-refractivity contribution in [2.45, 2.75) is 0 Å². The number of rotatable bonds is 2. The van der Waals surface area contributed by atoms with E-state index in [4.69, 9.17) is 0 Å². The van der Waals surface area contributed by atoms with Gasteiger partial charge in [0.25, 0.3) is 11.2 Å².